The van der Waals surface area contributed by atoms with Crippen LogP contribution in [-0.2, 0) is 0 Å². The van der Waals surface area contributed by atoms with E-state index in [0.29, 0.717) is 11.8 Å². The van der Waals surface area contributed by atoms with Crippen molar-refractivity contribution in [2.75, 3.05) is 19.0 Å². The Labute approximate surface area is 95.4 Å². The molecular formula is C11H18N4O. The van der Waals surface area contributed by atoms with Gasteiger partial charge < -0.3 is 15.8 Å². The summed E-state index contributed by atoms with van der Waals surface area (Å²) < 4.78 is 5.09. The number of methoxy groups -OCH3 is 1. The third-order valence-electron chi connectivity index (χ3n) is 2.99. The predicted octanol–water partition coefficient (Wildman–Crippen LogP) is 1.09. The average molecular weight is 222 g/mol. The molecule has 1 heterocycles. The second kappa shape index (κ2) is 4.25. The van der Waals surface area contributed by atoms with Gasteiger partial charge in [-0.15, -0.1) is 0 Å². The van der Waals surface area contributed by atoms with Crippen LogP contribution < -0.4 is 15.8 Å². The summed E-state index contributed by atoms with van der Waals surface area (Å²) in [6.07, 6.45) is 3.36. The van der Waals surface area contributed by atoms with E-state index >= 15 is 0 Å². The molecule has 0 atom stereocenters. The van der Waals surface area contributed by atoms with E-state index in [-0.39, 0.29) is 5.54 Å². The first-order valence-electron chi connectivity index (χ1n) is 5.54. The van der Waals surface area contributed by atoms with Crippen molar-refractivity contribution in [1.29, 1.82) is 0 Å². The molecular weight excluding hydrogens is 204 g/mol. The zero-order valence-electron chi connectivity index (χ0n) is 9.79. The van der Waals surface area contributed by atoms with Crippen LogP contribution in [0.5, 0.6) is 5.88 Å². The molecule has 1 fully saturated rings. The Kier molecular flexibility index (Phi) is 2.96. The molecule has 2 rings (SSSR count). The number of anilines is 1. The van der Waals surface area contributed by atoms with Crippen LogP contribution >= 0.6 is 0 Å². The van der Waals surface area contributed by atoms with Crippen LogP contribution in [0, 0.1) is 6.92 Å². The molecule has 0 unspecified atom stereocenters. The van der Waals surface area contributed by atoms with E-state index in [9.17, 15) is 0 Å². The van der Waals surface area contributed by atoms with Crippen molar-refractivity contribution in [1.82, 2.24) is 9.97 Å². The van der Waals surface area contributed by atoms with Crippen LogP contribution in [0.25, 0.3) is 0 Å². The van der Waals surface area contributed by atoms with Crippen molar-refractivity contribution in [3.8, 4) is 5.88 Å². The van der Waals surface area contributed by atoms with Gasteiger partial charge in [-0.2, -0.15) is 4.98 Å². The molecule has 1 aromatic rings. The predicted molar refractivity (Wildman–Crippen MR) is 62.6 cm³/mol. The van der Waals surface area contributed by atoms with Gasteiger partial charge >= 0.3 is 0 Å². The molecule has 0 radical (unpaired) electrons. The second-order valence-corrected chi connectivity index (χ2v) is 4.44. The van der Waals surface area contributed by atoms with Crippen molar-refractivity contribution in [3.63, 3.8) is 0 Å². The minimum Gasteiger partial charge on any atom is -0.481 e. The smallest absolute Gasteiger partial charge is 0.226 e. The fourth-order valence-corrected chi connectivity index (χ4v) is 1.79. The second-order valence-electron chi connectivity index (χ2n) is 4.44. The molecule has 16 heavy (non-hydrogen) atoms. The quantitative estimate of drug-likeness (QED) is 0.797. The molecule has 0 saturated heterocycles. The molecule has 1 aliphatic carbocycles. The van der Waals surface area contributed by atoms with Crippen molar-refractivity contribution >= 4 is 5.95 Å². The zero-order chi connectivity index (χ0) is 11.6. The van der Waals surface area contributed by atoms with E-state index in [0.717, 1.165) is 25.1 Å². The number of hydrogen-bond donors (Lipinski definition) is 2. The maximum Gasteiger partial charge on any atom is 0.226 e. The Hall–Kier alpha value is -1.36. The van der Waals surface area contributed by atoms with Crippen LogP contribution in [0.2, 0.25) is 0 Å². The van der Waals surface area contributed by atoms with Gasteiger partial charge in [0.2, 0.25) is 11.8 Å². The van der Waals surface area contributed by atoms with Crippen molar-refractivity contribution in [2.24, 2.45) is 5.73 Å². The lowest BCUT2D eigenvalue weighted by Crippen LogP contribution is -2.52. The van der Waals surface area contributed by atoms with Crippen LogP contribution in [0.15, 0.2) is 6.07 Å². The lowest BCUT2D eigenvalue weighted by Gasteiger charge is -2.38. The van der Waals surface area contributed by atoms with Crippen LogP contribution in [0.4, 0.5) is 5.95 Å². The molecule has 0 aromatic carbocycles. The number of nitrogens with one attached hydrogen (secondary N) is 1. The Balaban J connectivity index is 2.00. The van der Waals surface area contributed by atoms with Crippen molar-refractivity contribution in [2.45, 2.75) is 31.7 Å². The summed E-state index contributed by atoms with van der Waals surface area (Å²) in [6, 6.07) is 1.80. The Morgan fingerprint density at radius 1 is 1.50 bits per heavy atom. The third kappa shape index (κ3) is 2.41. The van der Waals surface area contributed by atoms with Gasteiger partial charge in [-0.25, -0.2) is 4.98 Å². The van der Waals surface area contributed by atoms with Gasteiger partial charge in [0.05, 0.1) is 7.11 Å². The Morgan fingerprint density at radius 3 is 2.81 bits per heavy atom. The summed E-state index contributed by atoms with van der Waals surface area (Å²) in [5.74, 6) is 1.17. The molecule has 3 N–H and O–H groups in total. The molecule has 0 bridgehead atoms. The molecule has 0 amide bonds. The van der Waals surface area contributed by atoms with Gasteiger partial charge in [0.15, 0.2) is 0 Å². The summed E-state index contributed by atoms with van der Waals surface area (Å²) in [5, 5.41) is 3.18. The number of hydrogen-bond acceptors (Lipinski definition) is 5. The normalized spacial score (nSPS) is 17.7. The number of aryl methyl sites for hydroxylation is 1. The van der Waals surface area contributed by atoms with Gasteiger partial charge in [0.1, 0.15) is 0 Å². The molecule has 1 aromatic heterocycles. The lowest BCUT2D eigenvalue weighted by atomic mass is 9.78. The topological polar surface area (TPSA) is 73.1 Å². The summed E-state index contributed by atoms with van der Waals surface area (Å²) in [7, 11) is 1.60. The van der Waals surface area contributed by atoms with Crippen molar-refractivity contribution in [3.05, 3.63) is 11.8 Å². The highest BCUT2D eigenvalue weighted by Gasteiger charge is 2.32. The van der Waals surface area contributed by atoms with E-state index in [1.54, 1.807) is 13.2 Å². The highest BCUT2D eigenvalue weighted by Crippen LogP contribution is 2.28. The van der Waals surface area contributed by atoms with Crippen LogP contribution in [0.3, 0.4) is 0 Å². The fourth-order valence-electron chi connectivity index (χ4n) is 1.79. The third-order valence-corrected chi connectivity index (χ3v) is 2.99. The van der Waals surface area contributed by atoms with E-state index in [1.807, 2.05) is 6.92 Å². The van der Waals surface area contributed by atoms with E-state index in [1.165, 1.54) is 6.42 Å². The highest BCUT2D eigenvalue weighted by molar-refractivity contribution is 5.31. The molecule has 1 saturated carbocycles. The standard InChI is InChI=1S/C11H18N4O/c1-8-6-9(16-2)15-10(14-8)13-7-11(12)4-3-5-11/h6H,3-5,7,12H2,1-2H3,(H,13,14,15). The van der Waals surface area contributed by atoms with Gasteiger partial charge in [-0.3, -0.25) is 0 Å². The van der Waals surface area contributed by atoms with Gasteiger partial charge in [-0.1, -0.05) is 0 Å². The SMILES string of the molecule is COc1cc(C)nc(NCC2(N)CCC2)n1. The summed E-state index contributed by atoms with van der Waals surface area (Å²) in [4.78, 5) is 8.50. The molecule has 88 valence electrons. The number of rotatable bonds is 4. The number of nitrogens with zero attached hydrogens (tertiary/aromatic N) is 2. The average Bonchev–Trinajstić information content (AvgIpc) is 2.23. The van der Waals surface area contributed by atoms with Crippen LogP contribution in [-0.4, -0.2) is 29.2 Å². The summed E-state index contributed by atoms with van der Waals surface area (Å²) in [5.41, 5.74) is 6.92. The molecule has 0 spiro atoms. The largest absolute Gasteiger partial charge is 0.481 e. The van der Waals surface area contributed by atoms with Crippen molar-refractivity contribution < 1.29 is 4.74 Å². The van der Waals surface area contributed by atoms with E-state index in [4.69, 9.17) is 10.5 Å². The maximum absolute atomic E-state index is 6.11. The highest BCUT2D eigenvalue weighted by atomic mass is 16.5. The van der Waals surface area contributed by atoms with E-state index in [2.05, 4.69) is 15.3 Å². The van der Waals surface area contributed by atoms with E-state index < -0.39 is 0 Å². The minimum atomic E-state index is -0.0691. The Bertz CT molecular complexity index is 376. The number of nitrogens with two attached hydrogens (primary N) is 1. The summed E-state index contributed by atoms with van der Waals surface area (Å²) in [6.45, 7) is 2.64. The number of ether oxygens (including phenoxy) is 1. The molecule has 5 heteroatoms. The minimum absolute atomic E-state index is 0.0691. The maximum atomic E-state index is 6.11. The first-order chi connectivity index (χ1) is 7.61. The Morgan fingerprint density at radius 2 is 2.25 bits per heavy atom. The lowest BCUT2D eigenvalue weighted by molar-refractivity contribution is 0.265. The van der Waals surface area contributed by atoms with Gasteiger partial charge in [0.25, 0.3) is 0 Å². The number of aromatic nitrogens is 2. The molecule has 1 aliphatic rings. The van der Waals surface area contributed by atoms with Gasteiger partial charge in [0, 0.05) is 23.8 Å². The first kappa shape index (κ1) is 11.1. The monoisotopic (exact) mass is 222 g/mol. The van der Waals surface area contributed by atoms with Crippen LogP contribution in [0.1, 0.15) is 25.0 Å². The molecule has 0 aliphatic heterocycles. The first-order valence-corrected chi connectivity index (χ1v) is 5.54. The summed E-state index contributed by atoms with van der Waals surface area (Å²) >= 11 is 0. The van der Waals surface area contributed by atoms with Gasteiger partial charge in [-0.05, 0) is 26.2 Å². The molecule has 5 nitrogen and oxygen atoms in total. The fraction of sp³-hybridized carbons (Fsp3) is 0.636. The zero-order valence-corrected chi connectivity index (χ0v) is 9.79.